The molecule has 2 rings (SSSR count). The van der Waals surface area contributed by atoms with E-state index in [1.165, 1.54) is 6.20 Å². The molecule has 2 N–H and O–H groups in total. The van der Waals surface area contributed by atoms with Gasteiger partial charge in [-0.25, -0.2) is 9.78 Å². The molecule has 1 atom stereocenters. The summed E-state index contributed by atoms with van der Waals surface area (Å²) >= 11 is 1.03. The van der Waals surface area contributed by atoms with Crippen molar-refractivity contribution >= 4 is 28.9 Å². The second-order valence-corrected chi connectivity index (χ2v) is 4.63. The molecule has 0 unspecified atom stereocenters. The molecule has 0 radical (unpaired) electrons. The van der Waals surface area contributed by atoms with Crippen LogP contribution in [0.1, 0.15) is 22.6 Å². The van der Waals surface area contributed by atoms with Gasteiger partial charge in [0.1, 0.15) is 0 Å². The second-order valence-electron chi connectivity index (χ2n) is 3.74. The van der Waals surface area contributed by atoms with E-state index in [0.717, 1.165) is 11.3 Å². The first-order chi connectivity index (χ1) is 8.08. The van der Waals surface area contributed by atoms with Gasteiger partial charge >= 0.3 is 5.97 Å². The second kappa shape index (κ2) is 4.34. The summed E-state index contributed by atoms with van der Waals surface area (Å²) in [4.78, 5) is 38.7. The van der Waals surface area contributed by atoms with Gasteiger partial charge in [-0.15, -0.1) is 11.3 Å². The van der Waals surface area contributed by atoms with E-state index in [-0.39, 0.29) is 11.4 Å². The Morgan fingerprint density at radius 1 is 1.47 bits per heavy atom. The van der Waals surface area contributed by atoms with E-state index < -0.39 is 23.1 Å². The van der Waals surface area contributed by atoms with E-state index in [1.807, 2.05) is 0 Å². The topological polar surface area (TPSA) is 96.4 Å². The van der Waals surface area contributed by atoms with Gasteiger partial charge in [0.05, 0.1) is 0 Å². The van der Waals surface area contributed by atoms with Gasteiger partial charge in [0, 0.05) is 11.6 Å². The summed E-state index contributed by atoms with van der Waals surface area (Å²) in [6.45, 7) is 0.420. The molecule has 17 heavy (non-hydrogen) atoms. The smallest absolute Gasteiger partial charge is 0.332 e. The van der Waals surface area contributed by atoms with Crippen molar-refractivity contribution in [3.05, 3.63) is 16.6 Å². The molecule has 1 saturated heterocycles. The highest BCUT2D eigenvalue weighted by atomic mass is 32.1. The number of thiazole rings is 1. The fraction of sp³-hybridized carbons (Fsp3) is 0.400. The third-order valence-corrected chi connectivity index (χ3v) is 3.51. The van der Waals surface area contributed by atoms with E-state index in [9.17, 15) is 14.4 Å². The standard InChI is InChI=1S/C10H10N2O4S/c13-6(8-11-4-5-17-8)7(14)10(9(15)16)2-1-3-12-10/h4-5,12H,1-3H2,(H,15,16)/t10-/m0/s1. The lowest BCUT2D eigenvalue weighted by Crippen LogP contribution is -2.56. The number of aromatic nitrogens is 1. The molecule has 0 aromatic carbocycles. The van der Waals surface area contributed by atoms with Gasteiger partial charge in [-0.2, -0.15) is 0 Å². The van der Waals surface area contributed by atoms with Crippen molar-refractivity contribution in [3.8, 4) is 0 Å². The molecule has 0 bridgehead atoms. The van der Waals surface area contributed by atoms with Crippen molar-refractivity contribution < 1.29 is 19.5 Å². The molecule has 1 aromatic heterocycles. The zero-order valence-electron chi connectivity index (χ0n) is 8.80. The number of Topliss-reactive ketones (excluding diaryl/α,β-unsaturated/α-hetero) is 2. The molecule has 2 heterocycles. The molecule has 1 aromatic rings. The van der Waals surface area contributed by atoms with E-state index in [1.54, 1.807) is 5.38 Å². The van der Waals surface area contributed by atoms with Crippen LogP contribution in [-0.4, -0.2) is 39.7 Å². The Morgan fingerprint density at radius 2 is 2.24 bits per heavy atom. The van der Waals surface area contributed by atoms with E-state index in [2.05, 4.69) is 10.3 Å². The van der Waals surface area contributed by atoms with Crippen LogP contribution < -0.4 is 5.32 Å². The number of rotatable bonds is 4. The van der Waals surface area contributed by atoms with Crippen LogP contribution in [0.25, 0.3) is 0 Å². The predicted octanol–water partition coefficient (Wildman–Crippen LogP) is 0.102. The number of nitrogens with zero attached hydrogens (tertiary/aromatic N) is 1. The summed E-state index contributed by atoms with van der Waals surface area (Å²) < 4.78 is 0. The van der Waals surface area contributed by atoms with Crippen LogP contribution in [-0.2, 0) is 9.59 Å². The highest BCUT2D eigenvalue weighted by Gasteiger charge is 2.51. The van der Waals surface area contributed by atoms with Crippen molar-refractivity contribution in [1.29, 1.82) is 0 Å². The quantitative estimate of drug-likeness (QED) is 0.449. The Hall–Kier alpha value is -1.60. The van der Waals surface area contributed by atoms with E-state index >= 15 is 0 Å². The Labute approximate surface area is 101 Å². The zero-order valence-corrected chi connectivity index (χ0v) is 9.62. The minimum atomic E-state index is -1.76. The molecular weight excluding hydrogens is 244 g/mol. The van der Waals surface area contributed by atoms with Gasteiger partial charge in [-0.05, 0) is 19.4 Å². The van der Waals surface area contributed by atoms with E-state index in [4.69, 9.17) is 5.11 Å². The number of carboxylic acid groups (broad SMARTS) is 1. The fourth-order valence-corrected chi connectivity index (χ4v) is 2.42. The van der Waals surface area contributed by atoms with Crippen LogP contribution in [0.15, 0.2) is 11.6 Å². The van der Waals surface area contributed by atoms with Crippen LogP contribution in [0, 0.1) is 0 Å². The van der Waals surface area contributed by atoms with Crippen LogP contribution in [0.5, 0.6) is 0 Å². The first kappa shape index (κ1) is 11.9. The largest absolute Gasteiger partial charge is 0.480 e. The summed E-state index contributed by atoms with van der Waals surface area (Å²) in [5, 5.41) is 13.3. The van der Waals surface area contributed by atoms with Gasteiger partial charge in [0.15, 0.2) is 10.5 Å². The lowest BCUT2D eigenvalue weighted by molar-refractivity contribution is -0.148. The van der Waals surface area contributed by atoms with Gasteiger partial charge in [-0.1, -0.05) is 0 Å². The average Bonchev–Trinajstić information content (AvgIpc) is 2.98. The maximum atomic E-state index is 12.0. The SMILES string of the molecule is O=C(C(=O)[C@]1(C(=O)O)CCCN1)c1nccs1. The number of hydrogen-bond donors (Lipinski definition) is 2. The molecule has 0 saturated carbocycles. The summed E-state index contributed by atoms with van der Waals surface area (Å²) in [5.41, 5.74) is -1.76. The number of carboxylic acids is 1. The first-order valence-electron chi connectivity index (χ1n) is 5.05. The Kier molecular flexibility index (Phi) is 3.03. The van der Waals surface area contributed by atoms with Crippen molar-refractivity contribution in [2.75, 3.05) is 6.54 Å². The summed E-state index contributed by atoms with van der Waals surface area (Å²) in [5.74, 6) is -3.07. The lowest BCUT2D eigenvalue weighted by Gasteiger charge is -2.21. The van der Waals surface area contributed by atoms with Gasteiger partial charge in [0.25, 0.3) is 5.78 Å². The lowest BCUT2D eigenvalue weighted by atomic mass is 9.90. The molecule has 0 spiro atoms. The van der Waals surface area contributed by atoms with Gasteiger partial charge in [-0.3, -0.25) is 14.9 Å². The average molecular weight is 254 g/mol. The third-order valence-electron chi connectivity index (χ3n) is 2.74. The minimum Gasteiger partial charge on any atom is -0.480 e. The Balaban J connectivity index is 2.30. The first-order valence-corrected chi connectivity index (χ1v) is 5.93. The molecule has 6 nitrogen and oxygen atoms in total. The predicted molar refractivity (Wildman–Crippen MR) is 59.1 cm³/mol. The number of carbonyl (C=O) groups excluding carboxylic acids is 2. The molecule has 0 amide bonds. The van der Waals surface area contributed by atoms with Crippen molar-refractivity contribution in [1.82, 2.24) is 10.3 Å². The van der Waals surface area contributed by atoms with Crippen molar-refractivity contribution in [2.24, 2.45) is 0 Å². The number of hydrogen-bond acceptors (Lipinski definition) is 6. The molecule has 7 heteroatoms. The molecule has 1 aliphatic heterocycles. The minimum absolute atomic E-state index is 0.0318. The van der Waals surface area contributed by atoms with Crippen LogP contribution in [0.4, 0.5) is 0 Å². The normalized spacial score (nSPS) is 23.5. The maximum absolute atomic E-state index is 12.0. The zero-order chi connectivity index (χ0) is 12.5. The Bertz CT molecular complexity index is 463. The fourth-order valence-electron chi connectivity index (χ4n) is 1.84. The third kappa shape index (κ3) is 1.87. The maximum Gasteiger partial charge on any atom is 0.332 e. The summed E-state index contributed by atoms with van der Waals surface area (Å²) in [6.07, 6.45) is 2.10. The summed E-state index contributed by atoms with van der Waals surface area (Å²) in [7, 11) is 0. The van der Waals surface area contributed by atoms with Crippen molar-refractivity contribution in [3.63, 3.8) is 0 Å². The molecule has 1 aliphatic rings. The van der Waals surface area contributed by atoms with Crippen molar-refractivity contribution in [2.45, 2.75) is 18.4 Å². The van der Waals surface area contributed by atoms with Gasteiger partial charge < -0.3 is 5.11 Å². The number of aliphatic carboxylic acids is 1. The highest BCUT2D eigenvalue weighted by molar-refractivity contribution is 7.12. The molecule has 90 valence electrons. The van der Waals surface area contributed by atoms with E-state index in [0.29, 0.717) is 13.0 Å². The van der Waals surface area contributed by atoms with Gasteiger partial charge in [0.2, 0.25) is 5.78 Å². The van der Waals surface area contributed by atoms with Crippen LogP contribution >= 0.6 is 11.3 Å². The highest BCUT2D eigenvalue weighted by Crippen LogP contribution is 2.23. The number of ketones is 2. The van der Waals surface area contributed by atoms with Crippen LogP contribution in [0.3, 0.4) is 0 Å². The number of nitrogens with one attached hydrogen (secondary N) is 1. The van der Waals surface area contributed by atoms with Crippen LogP contribution in [0.2, 0.25) is 0 Å². The monoisotopic (exact) mass is 254 g/mol. The molecule has 1 fully saturated rings. The summed E-state index contributed by atoms with van der Waals surface area (Å²) in [6, 6.07) is 0. The Morgan fingerprint density at radius 3 is 2.71 bits per heavy atom. The molecule has 0 aliphatic carbocycles. The number of carbonyl (C=O) groups is 3. The molecular formula is C10H10N2O4S.